The number of carboxylic acids is 2. The molecule has 0 saturated carbocycles. The topological polar surface area (TPSA) is 127 Å². The number of hydrogen-bond donors (Lipinski definition) is 2. The van der Waals surface area contributed by atoms with Crippen LogP contribution in [0, 0.1) is 0 Å². The SMILES string of the molecule is CCCCCCC(CC=CCCCCCCCC(=O)O)OC(=O)CCC(=O)O[C@@H](CC=CCCCCCCCC(=O)O)CCCCCC. The van der Waals surface area contributed by atoms with Gasteiger partial charge in [-0.15, -0.1) is 0 Å². The molecule has 0 bridgehead atoms. The van der Waals surface area contributed by atoms with E-state index in [1.165, 1.54) is 12.8 Å². The van der Waals surface area contributed by atoms with Crippen LogP contribution in [0.2, 0.25) is 0 Å². The molecule has 0 aromatic heterocycles. The summed E-state index contributed by atoms with van der Waals surface area (Å²) in [5.41, 5.74) is 0. The Kier molecular flexibility index (Phi) is 32.3. The molecule has 1 unspecified atom stereocenters. The minimum Gasteiger partial charge on any atom is -0.481 e. The van der Waals surface area contributed by atoms with Crippen LogP contribution in [0.25, 0.3) is 0 Å². The Hall–Kier alpha value is -2.64. The summed E-state index contributed by atoms with van der Waals surface area (Å²) in [6, 6.07) is 0. The van der Waals surface area contributed by atoms with Crippen LogP contribution in [0.5, 0.6) is 0 Å². The van der Waals surface area contributed by atoms with Gasteiger partial charge < -0.3 is 19.7 Å². The molecule has 0 spiro atoms. The molecule has 2 N–H and O–H groups in total. The van der Waals surface area contributed by atoms with E-state index in [-0.39, 0.29) is 49.8 Å². The highest BCUT2D eigenvalue weighted by atomic mass is 16.6. The molecule has 0 aliphatic rings. The van der Waals surface area contributed by atoms with Crippen LogP contribution in [-0.2, 0) is 28.7 Å². The number of carboxylic acid groups (broad SMARTS) is 2. The maximum atomic E-state index is 12.7. The lowest BCUT2D eigenvalue weighted by Gasteiger charge is -2.18. The molecule has 48 heavy (non-hydrogen) atoms. The first-order valence-corrected chi connectivity index (χ1v) is 19.4. The number of carbonyl (C=O) groups excluding carboxylic acids is 2. The molecule has 2 atom stereocenters. The number of aliphatic carboxylic acids is 2. The first kappa shape index (κ1) is 45.4. The highest BCUT2D eigenvalue weighted by molar-refractivity contribution is 5.77. The van der Waals surface area contributed by atoms with E-state index in [2.05, 4.69) is 38.2 Å². The molecule has 0 radical (unpaired) electrons. The van der Waals surface area contributed by atoms with Gasteiger partial charge in [-0.05, 0) is 64.2 Å². The van der Waals surface area contributed by atoms with Crippen molar-refractivity contribution in [2.75, 3.05) is 0 Å². The molecular formula is C40H70O8. The monoisotopic (exact) mass is 679 g/mol. The van der Waals surface area contributed by atoms with Gasteiger partial charge in [-0.1, -0.05) is 115 Å². The van der Waals surface area contributed by atoms with Gasteiger partial charge in [-0.3, -0.25) is 19.2 Å². The summed E-state index contributed by atoms with van der Waals surface area (Å²) in [6.07, 6.45) is 32.3. The Labute approximate surface area is 292 Å². The fraction of sp³-hybridized carbons (Fsp3) is 0.800. The fourth-order valence-electron chi connectivity index (χ4n) is 5.61. The standard InChI is InChI=1S/C40H70O8/c1-3-5-7-21-27-35(29-23-17-13-9-11-15-19-25-31-37(41)42)47-39(45)33-34-40(46)48-36(28-22-8-6-4-2)30-24-18-14-10-12-16-20-26-32-38(43)44/h17-18,23-24,35-36H,3-16,19-22,25-34H2,1-2H3,(H,41,42)(H,43,44)/t35-,36?/m1/s1. The van der Waals surface area contributed by atoms with Crippen LogP contribution < -0.4 is 0 Å². The van der Waals surface area contributed by atoms with Gasteiger partial charge in [0.15, 0.2) is 0 Å². The predicted octanol–water partition coefficient (Wildman–Crippen LogP) is 11.1. The molecule has 0 aliphatic carbocycles. The van der Waals surface area contributed by atoms with Gasteiger partial charge in [-0.25, -0.2) is 0 Å². The van der Waals surface area contributed by atoms with Gasteiger partial charge in [0.05, 0.1) is 12.8 Å². The van der Waals surface area contributed by atoms with Crippen molar-refractivity contribution < 1.29 is 38.9 Å². The number of esters is 2. The van der Waals surface area contributed by atoms with Crippen molar-refractivity contribution >= 4 is 23.9 Å². The number of hydrogen-bond acceptors (Lipinski definition) is 6. The maximum absolute atomic E-state index is 12.7. The molecule has 0 aliphatic heterocycles. The molecular weight excluding hydrogens is 608 g/mol. The Morgan fingerprint density at radius 3 is 1.19 bits per heavy atom. The van der Waals surface area contributed by atoms with E-state index in [1.54, 1.807) is 0 Å². The largest absolute Gasteiger partial charge is 0.481 e. The molecule has 278 valence electrons. The zero-order chi connectivity index (χ0) is 35.5. The summed E-state index contributed by atoms with van der Waals surface area (Å²) in [6.45, 7) is 4.35. The third-order valence-electron chi connectivity index (χ3n) is 8.54. The van der Waals surface area contributed by atoms with Gasteiger partial charge in [0, 0.05) is 25.7 Å². The molecule has 0 fully saturated rings. The molecule has 8 nitrogen and oxygen atoms in total. The minimum absolute atomic E-state index is 0.0285. The molecule has 0 saturated heterocycles. The van der Waals surface area contributed by atoms with E-state index in [0.717, 1.165) is 128 Å². The fourth-order valence-corrected chi connectivity index (χ4v) is 5.61. The smallest absolute Gasteiger partial charge is 0.306 e. The lowest BCUT2D eigenvalue weighted by Crippen LogP contribution is -2.21. The van der Waals surface area contributed by atoms with E-state index >= 15 is 0 Å². The third kappa shape index (κ3) is 33.3. The average molecular weight is 679 g/mol. The quantitative estimate of drug-likeness (QED) is 0.0385. The lowest BCUT2D eigenvalue weighted by atomic mass is 10.1. The van der Waals surface area contributed by atoms with Crippen molar-refractivity contribution in [3.63, 3.8) is 0 Å². The Morgan fingerprint density at radius 1 is 0.458 bits per heavy atom. The second-order valence-electron chi connectivity index (χ2n) is 13.2. The minimum atomic E-state index is -0.726. The maximum Gasteiger partial charge on any atom is 0.306 e. The van der Waals surface area contributed by atoms with E-state index in [0.29, 0.717) is 12.8 Å². The third-order valence-corrected chi connectivity index (χ3v) is 8.54. The Bertz CT molecular complexity index is 795. The summed E-state index contributed by atoms with van der Waals surface area (Å²) in [4.78, 5) is 46.7. The lowest BCUT2D eigenvalue weighted by molar-refractivity contribution is -0.156. The Balaban J connectivity index is 4.60. The van der Waals surface area contributed by atoms with Crippen molar-refractivity contribution in [3.05, 3.63) is 24.3 Å². The number of carbonyl (C=O) groups is 4. The van der Waals surface area contributed by atoms with Crippen LogP contribution in [0.15, 0.2) is 24.3 Å². The normalized spacial score (nSPS) is 12.8. The van der Waals surface area contributed by atoms with Crippen molar-refractivity contribution in [2.24, 2.45) is 0 Å². The van der Waals surface area contributed by atoms with Gasteiger partial charge in [-0.2, -0.15) is 0 Å². The van der Waals surface area contributed by atoms with E-state index < -0.39 is 11.9 Å². The highest BCUT2D eigenvalue weighted by Crippen LogP contribution is 2.17. The van der Waals surface area contributed by atoms with Gasteiger partial charge in [0.2, 0.25) is 0 Å². The van der Waals surface area contributed by atoms with Gasteiger partial charge in [0.1, 0.15) is 12.2 Å². The first-order chi connectivity index (χ1) is 23.3. The second-order valence-corrected chi connectivity index (χ2v) is 13.2. The van der Waals surface area contributed by atoms with Crippen LogP contribution in [0.1, 0.15) is 194 Å². The van der Waals surface area contributed by atoms with Crippen LogP contribution in [0.3, 0.4) is 0 Å². The first-order valence-electron chi connectivity index (χ1n) is 19.4. The van der Waals surface area contributed by atoms with Gasteiger partial charge in [0.25, 0.3) is 0 Å². The van der Waals surface area contributed by atoms with E-state index in [9.17, 15) is 19.2 Å². The van der Waals surface area contributed by atoms with Crippen LogP contribution >= 0.6 is 0 Å². The zero-order valence-electron chi connectivity index (χ0n) is 30.6. The van der Waals surface area contributed by atoms with Crippen molar-refractivity contribution in [1.82, 2.24) is 0 Å². The molecule has 0 rings (SSSR count). The summed E-state index contributed by atoms with van der Waals surface area (Å²) >= 11 is 0. The van der Waals surface area contributed by atoms with Gasteiger partial charge >= 0.3 is 23.9 Å². The average Bonchev–Trinajstić information content (AvgIpc) is 3.05. The molecule has 0 aromatic rings. The highest BCUT2D eigenvalue weighted by Gasteiger charge is 2.18. The predicted molar refractivity (Wildman–Crippen MR) is 194 cm³/mol. The number of unbranched alkanes of at least 4 members (excludes halogenated alkanes) is 16. The van der Waals surface area contributed by atoms with E-state index in [4.69, 9.17) is 19.7 Å². The second kappa shape index (κ2) is 34.2. The summed E-state index contributed by atoms with van der Waals surface area (Å²) < 4.78 is 11.7. The summed E-state index contributed by atoms with van der Waals surface area (Å²) in [5.74, 6) is -2.14. The van der Waals surface area contributed by atoms with E-state index in [1.807, 2.05) is 0 Å². The Morgan fingerprint density at radius 2 is 0.812 bits per heavy atom. The number of allylic oxidation sites excluding steroid dienone is 2. The van der Waals surface area contributed by atoms with Crippen molar-refractivity contribution in [2.45, 2.75) is 206 Å². The number of ether oxygens (including phenoxy) is 2. The number of rotatable bonds is 35. The van der Waals surface area contributed by atoms with Crippen LogP contribution in [0.4, 0.5) is 0 Å². The molecule has 0 amide bonds. The molecule has 8 heteroatoms. The van der Waals surface area contributed by atoms with Crippen molar-refractivity contribution in [3.8, 4) is 0 Å². The zero-order valence-corrected chi connectivity index (χ0v) is 30.6. The molecule has 0 aromatic carbocycles. The summed E-state index contributed by atoms with van der Waals surface area (Å²) in [7, 11) is 0. The van der Waals surface area contributed by atoms with Crippen molar-refractivity contribution in [1.29, 1.82) is 0 Å². The summed E-state index contributed by atoms with van der Waals surface area (Å²) in [5, 5.41) is 17.4. The van der Waals surface area contributed by atoms with Crippen LogP contribution in [-0.4, -0.2) is 46.3 Å². The molecule has 0 heterocycles.